The molecular weight excluding hydrogens is 721 g/mol. The molecule has 0 saturated carbocycles. The van der Waals surface area contributed by atoms with Crippen LogP contribution in [0.3, 0.4) is 0 Å². The number of aliphatic imine (C=N–C) groups is 2. The van der Waals surface area contributed by atoms with Crippen LogP contribution in [0.2, 0.25) is 0 Å². The fourth-order valence-electron chi connectivity index (χ4n) is 8.55. The van der Waals surface area contributed by atoms with E-state index < -0.39 is 0 Å². The number of amidine groups is 1. The van der Waals surface area contributed by atoms with Crippen molar-refractivity contribution in [3.8, 4) is 33.4 Å². The molecule has 1 unspecified atom stereocenters. The predicted octanol–water partition coefficient (Wildman–Crippen LogP) is 14.9. The molecule has 0 fully saturated rings. The van der Waals surface area contributed by atoms with Gasteiger partial charge in [0, 0.05) is 36.9 Å². The summed E-state index contributed by atoms with van der Waals surface area (Å²) >= 11 is 1.84. The van der Waals surface area contributed by atoms with Gasteiger partial charge in [-0.15, -0.1) is 11.3 Å². The molecule has 272 valence electrons. The minimum absolute atomic E-state index is 0.305. The van der Waals surface area contributed by atoms with E-state index in [0.717, 1.165) is 33.8 Å². The van der Waals surface area contributed by atoms with Crippen molar-refractivity contribution in [2.45, 2.75) is 6.04 Å². The highest BCUT2D eigenvalue weighted by Crippen LogP contribution is 2.46. The molecule has 10 aromatic rings. The molecule has 0 aliphatic carbocycles. The quantitative estimate of drug-likeness (QED) is 0.161. The molecule has 0 spiro atoms. The maximum atomic E-state index is 5.51. The molecule has 0 N–H and O–H groups in total. The van der Waals surface area contributed by atoms with Gasteiger partial charge in [-0.3, -0.25) is 4.99 Å². The first-order chi connectivity index (χ1) is 28.7. The minimum Gasteiger partial charge on any atom is -0.253 e. The normalized spacial score (nSPS) is 14.3. The maximum Gasteiger partial charge on any atom is 0.157 e. The summed E-state index contributed by atoms with van der Waals surface area (Å²) in [6.07, 6.45) is 0. The van der Waals surface area contributed by atoms with Crippen LogP contribution in [0.25, 0.3) is 75.1 Å². The van der Waals surface area contributed by atoms with E-state index in [1.165, 1.54) is 75.1 Å². The minimum atomic E-state index is -0.305. The lowest BCUT2D eigenvalue weighted by molar-refractivity contribution is 0.875. The topological polar surface area (TPSA) is 24.7 Å². The highest BCUT2D eigenvalue weighted by atomic mass is 32.1. The van der Waals surface area contributed by atoms with Gasteiger partial charge in [0.25, 0.3) is 0 Å². The number of hydrogen-bond donors (Lipinski definition) is 0. The third kappa shape index (κ3) is 5.87. The van der Waals surface area contributed by atoms with Crippen molar-refractivity contribution in [3.63, 3.8) is 0 Å². The van der Waals surface area contributed by atoms with Gasteiger partial charge in [-0.25, -0.2) is 4.99 Å². The third-order valence-corrected chi connectivity index (χ3v) is 12.7. The van der Waals surface area contributed by atoms with E-state index >= 15 is 0 Å². The molecule has 1 aliphatic rings. The van der Waals surface area contributed by atoms with Crippen molar-refractivity contribution in [1.29, 1.82) is 0 Å². The molecule has 2 heterocycles. The fourth-order valence-corrected chi connectivity index (χ4v) is 9.91. The standard InChI is InChI=1S/C55H36N2S/c1-35-51(39-17-6-3-7-18-39)56-55(57-52(35)40-29-26-38(27-30-40)43-31-28-37-16-8-9-19-41(37)32-43)49-34-45-20-10-11-23-46(45)50-48-25-13-24-47(53(48)58-54(49)50)44-22-12-21-42(33-44)36-14-4-2-5-15-36/h2-34,52H,1H2. The van der Waals surface area contributed by atoms with Crippen LogP contribution < -0.4 is 0 Å². The highest BCUT2D eigenvalue weighted by molar-refractivity contribution is 7.27. The van der Waals surface area contributed by atoms with Crippen LogP contribution in [0.4, 0.5) is 0 Å². The number of thiophene rings is 1. The van der Waals surface area contributed by atoms with Crippen LogP contribution in [0.5, 0.6) is 0 Å². The molecule has 0 amide bonds. The summed E-state index contributed by atoms with van der Waals surface area (Å²) in [5.74, 6) is 0.727. The van der Waals surface area contributed by atoms with Crippen LogP contribution in [-0.4, -0.2) is 11.5 Å². The van der Waals surface area contributed by atoms with E-state index in [0.29, 0.717) is 0 Å². The van der Waals surface area contributed by atoms with Gasteiger partial charge in [-0.2, -0.15) is 0 Å². The Labute approximate surface area is 341 Å². The Morgan fingerprint density at radius 3 is 1.83 bits per heavy atom. The number of fused-ring (bicyclic) bond motifs is 6. The Morgan fingerprint density at radius 2 is 1.02 bits per heavy atom. The van der Waals surface area contributed by atoms with Crippen molar-refractivity contribution >= 4 is 64.6 Å². The Balaban J connectivity index is 1.09. The molecule has 11 rings (SSSR count). The third-order valence-electron chi connectivity index (χ3n) is 11.5. The van der Waals surface area contributed by atoms with Gasteiger partial charge >= 0.3 is 0 Å². The molecule has 3 heteroatoms. The maximum absolute atomic E-state index is 5.51. The van der Waals surface area contributed by atoms with Crippen LogP contribution in [0.15, 0.2) is 222 Å². The largest absolute Gasteiger partial charge is 0.253 e. The van der Waals surface area contributed by atoms with Crippen molar-refractivity contribution in [3.05, 3.63) is 229 Å². The molecule has 1 atom stereocenters. The summed E-state index contributed by atoms with van der Waals surface area (Å²) in [7, 11) is 0. The van der Waals surface area contributed by atoms with E-state index in [9.17, 15) is 0 Å². The van der Waals surface area contributed by atoms with Crippen molar-refractivity contribution in [2.24, 2.45) is 9.98 Å². The van der Waals surface area contributed by atoms with Crippen molar-refractivity contribution < 1.29 is 0 Å². The number of nitrogens with zero attached hydrogens (tertiary/aromatic N) is 2. The zero-order chi connectivity index (χ0) is 38.6. The summed E-state index contributed by atoms with van der Waals surface area (Å²) in [5, 5.41) is 7.37. The van der Waals surface area contributed by atoms with Crippen LogP contribution in [0.1, 0.15) is 22.7 Å². The van der Waals surface area contributed by atoms with Crippen LogP contribution >= 0.6 is 11.3 Å². The zero-order valence-corrected chi connectivity index (χ0v) is 32.5. The van der Waals surface area contributed by atoms with E-state index in [2.05, 4.69) is 201 Å². The van der Waals surface area contributed by atoms with E-state index in [-0.39, 0.29) is 6.04 Å². The van der Waals surface area contributed by atoms with E-state index in [4.69, 9.17) is 9.98 Å². The van der Waals surface area contributed by atoms with E-state index in [1.807, 2.05) is 17.4 Å². The fraction of sp³-hybridized carbons (Fsp3) is 0.0182. The summed E-state index contributed by atoms with van der Waals surface area (Å²) in [4.78, 5) is 10.9. The predicted molar refractivity (Wildman–Crippen MR) is 248 cm³/mol. The first kappa shape index (κ1) is 34.1. The molecule has 1 aromatic heterocycles. The van der Waals surface area contributed by atoms with Crippen molar-refractivity contribution in [1.82, 2.24) is 0 Å². The van der Waals surface area contributed by atoms with Gasteiger partial charge in [0.05, 0.1) is 5.71 Å². The monoisotopic (exact) mass is 756 g/mol. The van der Waals surface area contributed by atoms with Gasteiger partial charge in [-0.05, 0) is 78.7 Å². The van der Waals surface area contributed by atoms with Gasteiger partial charge < -0.3 is 0 Å². The zero-order valence-electron chi connectivity index (χ0n) is 31.6. The van der Waals surface area contributed by atoms with Gasteiger partial charge in [0.1, 0.15) is 6.04 Å². The Morgan fingerprint density at radius 1 is 0.414 bits per heavy atom. The Kier molecular flexibility index (Phi) is 8.27. The number of hydrogen-bond acceptors (Lipinski definition) is 3. The lowest BCUT2D eigenvalue weighted by atomic mass is 9.90. The second-order valence-corrected chi connectivity index (χ2v) is 16.0. The lowest BCUT2D eigenvalue weighted by Crippen LogP contribution is -2.20. The summed E-state index contributed by atoms with van der Waals surface area (Å²) in [5.41, 5.74) is 12.1. The average Bonchev–Trinajstić information content (AvgIpc) is 3.70. The molecule has 2 nitrogen and oxygen atoms in total. The molecular formula is C55H36N2S. The first-order valence-corrected chi connectivity index (χ1v) is 20.5. The Bertz CT molecular complexity index is 3280. The van der Waals surface area contributed by atoms with Gasteiger partial charge in [-0.1, -0.05) is 189 Å². The summed E-state index contributed by atoms with van der Waals surface area (Å²) in [6.45, 7) is 4.66. The highest BCUT2D eigenvalue weighted by Gasteiger charge is 2.28. The van der Waals surface area contributed by atoms with Crippen LogP contribution in [0, 0.1) is 0 Å². The van der Waals surface area contributed by atoms with Crippen molar-refractivity contribution in [2.75, 3.05) is 0 Å². The second-order valence-electron chi connectivity index (χ2n) is 15.0. The number of rotatable bonds is 6. The van der Waals surface area contributed by atoms with Gasteiger partial charge in [0.15, 0.2) is 5.84 Å². The smallest absolute Gasteiger partial charge is 0.157 e. The van der Waals surface area contributed by atoms with Crippen LogP contribution in [-0.2, 0) is 0 Å². The lowest BCUT2D eigenvalue weighted by Gasteiger charge is -2.24. The van der Waals surface area contributed by atoms with Gasteiger partial charge in [0.2, 0.25) is 0 Å². The first-order valence-electron chi connectivity index (χ1n) is 19.7. The van der Waals surface area contributed by atoms with E-state index in [1.54, 1.807) is 0 Å². The molecule has 9 aromatic carbocycles. The molecule has 0 bridgehead atoms. The molecule has 1 aliphatic heterocycles. The summed E-state index contributed by atoms with van der Waals surface area (Å²) < 4.78 is 2.45. The SMILES string of the molecule is C=C1C(c2ccccc2)=NC(c2cc3ccccc3c3c2sc2c(-c4cccc(-c5ccccc5)c4)cccc23)=NC1c1ccc(-c2ccc3ccccc3c2)cc1. The Hall–Kier alpha value is -7.20. The second kappa shape index (κ2) is 14.1. The molecule has 0 saturated heterocycles. The average molecular weight is 757 g/mol. The number of benzene rings is 9. The summed E-state index contributed by atoms with van der Waals surface area (Å²) in [6, 6.07) is 71.4. The molecule has 58 heavy (non-hydrogen) atoms. The molecule has 0 radical (unpaired) electrons.